The zero-order valence-electron chi connectivity index (χ0n) is 11.2. The highest BCUT2D eigenvalue weighted by Crippen LogP contribution is 2.43. The van der Waals surface area contributed by atoms with Crippen LogP contribution >= 0.6 is 0 Å². The SMILES string of the molecule is CCCNC(C)C1(c2ccccc2)CCCC1. The first kappa shape index (κ1) is 12.6. The van der Waals surface area contributed by atoms with E-state index in [0.717, 1.165) is 6.54 Å². The molecule has 1 atom stereocenters. The summed E-state index contributed by atoms with van der Waals surface area (Å²) in [5, 5.41) is 3.71. The van der Waals surface area contributed by atoms with E-state index in [1.165, 1.54) is 37.7 Å². The highest BCUT2D eigenvalue weighted by Gasteiger charge is 2.39. The quantitative estimate of drug-likeness (QED) is 0.810. The maximum atomic E-state index is 3.71. The summed E-state index contributed by atoms with van der Waals surface area (Å²) < 4.78 is 0. The minimum absolute atomic E-state index is 0.385. The van der Waals surface area contributed by atoms with Crippen LogP contribution < -0.4 is 5.32 Å². The van der Waals surface area contributed by atoms with E-state index in [4.69, 9.17) is 0 Å². The van der Waals surface area contributed by atoms with Crippen LogP contribution in [0, 0.1) is 0 Å². The molecule has 0 heterocycles. The summed E-state index contributed by atoms with van der Waals surface area (Å²) in [6.45, 7) is 5.74. The van der Waals surface area contributed by atoms with Gasteiger partial charge in [0.25, 0.3) is 0 Å². The minimum atomic E-state index is 0.385. The Morgan fingerprint density at radius 3 is 2.41 bits per heavy atom. The van der Waals surface area contributed by atoms with E-state index in [1.807, 2.05) is 0 Å². The van der Waals surface area contributed by atoms with Gasteiger partial charge in [0.15, 0.2) is 0 Å². The fourth-order valence-corrected chi connectivity index (χ4v) is 3.30. The Hall–Kier alpha value is -0.820. The van der Waals surface area contributed by atoms with Gasteiger partial charge in [-0.05, 0) is 38.3 Å². The summed E-state index contributed by atoms with van der Waals surface area (Å²) in [5.74, 6) is 0. The Kier molecular flexibility index (Phi) is 4.22. The summed E-state index contributed by atoms with van der Waals surface area (Å²) in [5.41, 5.74) is 1.92. The number of hydrogen-bond acceptors (Lipinski definition) is 1. The fraction of sp³-hybridized carbons (Fsp3) is 0.625. The summed E-state index contributed by atoms with van der Waals surface area (Å²) in [4.78, 5) is 0. The molecule has 0 bridgehead atoms. The third-order valence-electron chi connectivity index (χ3n) is 4.37. The second kappa shape index (κ2) is 5.68. The lowest BCUT2D eigenvalue weighted by Gasteiger charge is -2.37. The van der Waals surface area contributed by atoms with Crippen molar-refractivity contribution < 1.29 is 0 Å². The molecule has 17 heavy (non-hydrogen) atoms. The van der Waals surface area contributed by atoms with Gasteiger partial charge in [-0.15, -0.1) is 0 Å². The van der Waals surface area contributed by atoms with E-state index in [0.29, 0.717) is 11.5 Å². The van der Waals surface area contributed by atoms with Crippen LogP contribution in [-0.4, -0.2) is 12.6 Å². The van der Waals surface area contributed by atoms with Gasteiger partial charge in [0.05, 0.1) is 0 Å². The van der Waals surface area contributed by atoms with Crippen molar-refractivity contribution in [3.05, 3.63) is 35.9 Å². The predicted molar refractivity (Wildman–Crippen MR) is 74.3 cm³/mol. The fourth-order valence-electron chi connectivity index (χ4n) is 3.30. The van der Waals surface area contributed by atoms with Crippen molar-refractivity contribution in [3.8, 4) is 0 Å². The van der Waals surface area contributed by atoms with E-state index in [2.05, 4.69) is 49.5 Å². The molecule has 1 fully saturated rings. The molecule has 1 N–H and O–H groups in total. The summed E-state index contributed by atoms with van der Waals surface area (Å²) in [7, 11) is 0. The molecule has 94 valence electrons. The van der Waals surface area contributed by atoms with Gasteiger partial charge < -0.3 is 5.32 Å². The van der Waals surface area contributed by atoms with Crippen LogP contribution in [0.25, 0.3) is 0 Å². The van der Waals surface area contributed by atoms with E-state index < -0.39 is 0 Å². The average molecular weight is 231 g/mol. The maximum absolute atomic E-state index is 3.71. The van der Waals surface area contributed by atoms with Gasteiger partial charge in [-0.2, -0.15) is 0 Å². The number of nitrogens with one attached hydrogen (secondary N) is 1. The monoisotopic (exact) mass is 231 g/mol. The zero-order chi connectivity index (χ0) is 12.1. The molecule has 1 aliphatic rings. The van der Waals surface area contributed by atoms with Gasteiger partial charge in [-0.1, -0.05) is 50.1 Å². The third-order valence-corrected chi connectivity index (χ3v) is 4.37. The molecule has 1 saturated carbocycles. The summed E-state index contributed by atoms with van der Waals surface area (Å²) >= 11 is 0. The molecular weight excluding hydrogens is 206 g/mol. The van der Waals surface area contributed by atoms with Crippen LogP contribution in [-0.2, 0) is 5.41 Å². The number of hydrogen-bond donors (Lipinski definition) is 1. The molecule has 0 spiro atoms. The van der Waals surface area contributed by atoms with Crippen molar-refractivity contribution >= 4 is 0 Å². The molecule has 2 rings (SSSR count). The van der Waals surface area contributed by atoms with Crippen molar-refractivity contribution in [2.75, 3.05) is 6.54 Å². The molecule has 0 radical (unpaired) electrons. The first-order valence-corrected chi connectivity index (χ1v) is 7.08. The Morgan fingerprint density at radius 2 is 1.82 bits per heavy atom. The van der Waals surface area contributed by atoms with Crippen molar-refractivity contribution in [3.63, 3.8) is 0 Å². The molecule has 0 amide bonds. The van der Waals surface area contributed by atoms with Crippen molar-refractivity contribution in [2.45, 2.75) is 57.4 Å². The number of benzene rings is 1. The molecule has 0 saturated heterocycles. The third kappa shape index (κ3) is 2.55. The molecule has 0 aromatic heterocycles. The highest BCUT2D eigenvalue weighted by atomic mass is 14.9. The van der Waals surface area contributed by atoms with Crippen molar-refractivity contribution in [2.24, 2.45) is 0 Å². The summed E-state index contributed by atoms with van der Waals surface area (Å²) in [6.07, 6.45) is 6.67. The van der Waals surface area contributed by atoms with Crippen LogP contribution in [0.4, 0.5) is 0 Å². The van der Waals surface area contributed by atoms with Crippen LogP contribution in [0.1, 0.15) is 51.5 Å². The smallest absolute Gasteiger partial charge is 0.0136 e. The van der Waals surface area contributed by atoms with Crippen LogP contribution in [0.3, 0.4) is 0 Å². The maximum Gasteiger partial charge on any atom is 0.0136 e. The van der Waals surface area contributed by atoms with Gasteiger partial charge in [0.2, 0.25) is 0 Å². The largest absolute Gasteiger partial charge is 0.313 e. The van der Waals surface area contributed by atoms with Gasteiger partial charge >= 0.3 is 0 Å². The predicted octanol–water partition coefficient (Wildman–Crippen LogP) is 3.89. The Balaban J connectivity index is 2.20. The van der Waals surface area contributed by atoms with E-state index in [1.54, 1.807) is 0 Å². The lowest BCUT2D eigenvalue weighted by molar-refractivity contribution is 0.314. The minimum Gasteiger partial charge on any atom is -0.313 e. The standard InChI is InChI=1S/C16H25N/c1-3-13-17-14(2)16(11-7-8-12-16)15-9-5-4-6-10-15/h4-6,9-10,14,17H,3,7-8,11-13H2,1-2H3. The van der Waals surface area contributed by atoms with E-state index in [-0.39, 0.29) is 0 Å². The van der Waals surface area contributed by atoms with Gasteiger partial charge in [-0.25, -0.2) is 0 Å². The molecule has 1 nitrogen and oxygen atoms in total. The molecule has 1 heteroatoms. The normalized spacial score (nSPS) is 20.4. The second-order valence-corrected chi connectivity index (χ2v) is 5.41. The Bertz CT molecular complexity index is 325. The van der Waals surface area contributed by atoms with Crippen molar-refractivity contribution in [1.29, 1.82) is 0 Å². The van der Waals surface area contributed by atoms with E-state index >= 15 is 0 Å². The molecular formula is C16H25N. The lowest BCUT2D eigenvalue weighted by Crippen LogP contribution is -2.45. The van der Waals surface area contributed by atoms with Gasteiger partial charge in [0.1, 0.15) is 0 Å². The zero-order valence-corrected chi connectivity index (χ0v) is 11.2. The summed E-state index contributed by atoms with van der Waals surface area (Å²) in [6, 6.07) is 11.7. The van der Waals surface area contributed by atoms with E-state index in [9.17, 15) is 0 Å². The lowest BCUT2D eigenvalue weighted by atomic mass is 9.73. The van der Waals surface area contributed by atoms with Crippen LogP contribution in [0.2, 0.25) is 0 Å². The molecule has 1 aromatic carbocycles. The topological polar surface area (TPSA) is 12.0 Å². The molecule has 0 aliphatic heterocycles. The second-order valence-electron chi connectivity index (χ2n) is 5.41. The van der Waals surface area contributed by atoms with Gasteiger partial charge in [0, 0.05) is 11.5 Å². The van der Waals surface area contributed by atoms with Crippen LogP contribution in [0.15, 0.2) is 30.3 Å². The van der Waals surface area contributed by atoms with Crippen molar-refractivity contribution in [1.82, 2.24) is 5.32 Å². The van der Waals surface area contributed by atoms with Crippen LogP contribution in [0.5, 0.6) is 0 Å². The number of rotatable bonds is 5. The molecule has 1 unspecified atom stereocenters. The first-order chi connectivity index (χ1) is 8.29. The Labute approximate surface area is 106 Å². The molecule has 1 aliphatic carbocycles. The first-order valence-electron chi connectivity index (χ1n) is 7.08. The highest BCUT2D eigenvalue weighted by molar-refractivity contribution is 5.28. The Morgan fingerprint density at radius 1 is 1.18 bits per heavy atom. The van der Waals surface area contributed by atoms with Gasteiger partial charge in [-0.3, -0.25) is 0 Å². The average Bonchev–Trinajstić information content (AvgIpc) is 2.87. The molecule has 1 aromatic rings.